The van der Waals surface area contributed by atoms with Crippen LogP contribution >= 0.6 is 0 Å². The van der Waals surface area contributed by atoms with Gasteiger partial charge in [0.05, 0.1) is 25.5 Å². The number of esters is 1. The van der Waals surface area contributed by atoms with Gasteiger partial charge < -0.3 is 14.9 Å². The average Bonchev–Trinajstić information content (AvgIpc) is 2.71. The maximum Gasteiger partial charge on any atom is 0.408 e. The SMILES string of the molecule is COC(=O)C1c2c(cnn2C)C(O)CN1C(=O)O. The summed E-state index contributed by atoms with van der Waals surface area (Å²) in [5.74, 6) is -0.700. The zero-order valence-corrected chi connectivity index (χ0v) is 9.90. The van der Waals surface area contributed by atoms with Crippen LogP contribution in [-0.2, 0) is 16.6 Å². The lowest BCUT2D eigenvalue weighted by Gasteiger charge is -2.34. The largest absolute Gasteiger partial charge is 0.467 e. The molecule has 1 aromatic heterocycles. The highest BCUT2D eigenvalue weighted by Crippen LogP contribution is 2.35. The van der Waals surface area contributed by atoms with Crippen LogP contribution in [0.4, 0.5) is 4.79 Å². The first-order valence-electron chi connectivity index (χ1n) is 5.24. The van der Waals surface area contributed by atoms with E-state index < -0.39 is 24.2 Å². The average molecular weight is 255 g/mol. The van der Waals surface area contributed by atoms with Crippen molar-refractivity contribution in [2.45, 2.75) is 12.1 Å². The van der Waals surface area contributed by atoms with Crippen molar-refractivity contribution in [3.63, 3.8) is 0 Å². The van der Waals surface area contributed by atoms with E-state index in [1.165, 1.54) is 18.0 Å². The van der Waals surface area contributed by atoms with Crippen molar-refractivity contribution >= 4 is 12.1 Å². The molecule has 2 atom stereocenters. The van der Waals surface area contributed by atoms with Crippen LogP contribution in [0.3, 0.4) is 0 Å². The van der Waals surface area contributed by atoms with Crippen molar-refractivity contribution in [3.8, 4) is 0 Å². The number of aromatic nitrogens is 2. The van der Waals surface area contributed by atoms with E-state index in [0.29, 0.717) is 11.3 Å². The second-order valence-corrected chi connectivity index (χ2v) is 3.99. The third-order valence-electron chi connectivity index (χ3n) is 2.98. The number of methoxy groups -OCH3 is 1. The number of hydrogen-bond donors (Lipinski definition) is 2. The minimum Gasteiger partial charge on any atom is -0.467 e. The number of β-amino-alcohol motifs (C(OH)–C–C–N with tert-alkyl or cyclic N) is 1. The summed E-state index contributed by atoms with van der Waals surface area (Å²) >= 11 is 0. The van der Waals surface area contributed by atoms with E-state index in [9.17, 15) is 14.7 Å². The minimum absolute atomic E-state index is 0.187. The fraction of sp³-hybridized carbons (Fsp3) is 0.500. The van der Waals surface area contributed by atoms with Crippen LogP contribution in [0, 0.1) is 0 Å². The first-order valence-corrected chi connectivity index (χ1v) is 5.24. The molecule has 0 radical (unpaired) electrons. The molecule has 0 bridgehead atoms. The second kappa shape index (κ2) is 4.30. The molecule has 2 heterocycles. The van der Waals surface area contributed by atoms with Gasteiger partial charge in [-0.05, 0) is 0 Å². The number of aliphatic hydroxyl groups is 1. The first kappa shape index (κ1) is 12.4. The van der Waals surface area contributed by atoms with Gasteiger partial charge in [0, 0.05) is 12.6 Å². The van der Waals surface area contributed by atoms with Crippen molar-refractivity contribution in [3.05, 3.63) is 17.5 Å². The number of amides is 1. The lowest BCUT2D eigenvalue weighted by molar-refractivity contribution is -0.148. The minimum atomic E-state index is -1.30. The highest BCUT2D eigenvalue weighted by molar-refractivity contribution is 5.82. The Hall–Kier alpha value is -2.09. The lowest BCUT2D eigenvalue weighted by atomic mass is 9.98. The van der Waals surface area contributed by atoms with Crippen molar-refractivity contribution in [2.24, 2.45) is 7.05 Å². The third-order valence-corrected chi connectivity index (χ3v) is 2.98. The number of carboxylic acid groups (broad SMARTS) is 1. The summed E-state index contributed by atoms with van der Waals surface area (Å²) in [6.07, 6.45) is -0.864. The van der Waals surface area contributed by atoms with Crippen molar-refractivity contribution in [2.75, 3.05) is 13.7 Å². The highest BCUT2D eigenvalue weighted by atomic mass is 16.5. The Kier molecular flexibility index (Phi) is 2.95. The van der Waals surface area contributed by atoms with Gasteiger partial charge in [0.2, 0.25) is 0 Å². The van der Waals surface area contributed by atoms with E-state index in [4.69, 9.17) is 5.11 Å². The molecule has 0 fully saturated rings. The van der Waals surface area contributed by atoms with Crippen molar-refractivity contribution in [1.29, 1.82) is 0 Å². The zero-order chi connectivity index (χ0) is 13.4. The predicted molar refractivity (Wildman–Crippen MR) is 57.7 cm³/mol. The second-order valence-electron chi connectivity index (χ2n) is 3.99. The number of ether oxygens (including phenoxy) is 1. The molecule has 0 aliphatic carbocycles. The molecule has 0 aromatic carbocycles. The molecule has 0 saturated carbocycles. The van der Waals surface area contributed by atoms with Crippen LogP contribution in [0.5, 0.6) is 0 Å². The summed E-state index contributed by atoms with van der Waals surface area (Å²) in [6.45, 7) is -0.187. The number of fused-ring (bicyclic) bond motifs is 1. The molecule has 98 valence electrons. The number of rotatable bonds is 1. The molecule has 1 aliphatic heterocycles. The predicted octanol–water partition coefficient (Wildman–Crippen LogP) is -0.339. The Balaban J connectivity index is 2.55. The summed E-state index contributed by atoms with van der Waals surface area (Å²) in [7, 11) is 2.76. The van der Waals surface area contributed by atoms with Crippen LogP contribution in [0.15, 0.2) is 6.20 Å². The van der Waals surface area contributed by atoms with Gasteiger partial charge in [-0.15, -0.1) is 0 Å². The maximum atomic E-state index is 11.8. The maximum absolute atomic E-state index is 11.8. The van der Waals surface area contributed by atoms with Crippen LogP contribution in [0.25, 0.3) is 0 Å². The summed E-state index contributed by atoms with van der Waals surface area (Å²) < 4.78 is 5.99. The third kappa shape index (κ3) is 1.70. The molecule has 18 heavy (non-hydrogen) atoms. The van der Waals surface area contributed by atoms with E-state index in [0.717, 1.165) is 4.90 Å². The van der Waals surface area contributed by atoms with Gasteiger partial charge in [-0.1, -0.05) is 0 Å². The molecule has 1 aliphatic rings. The fourth-order valence-corrected chi connectivity index (χ4v) is 2.13. The van der Waals surface area contributed by atoms with Crippen molar-refractivity contribution < 1.29 is 24.5 Å². The summed E-state index contributed by atoms with van der Waals surface area (Å²) in [5.41, 5.74) is 0.786. The Bertz CT molecular complexity index is 498. The number of carbonyl (C=O) groups excluding carboxylic acids is 1. The van der Waals surface area contributed by atoms with E-state index in [1.807, 2.05) is 0 Å². The molecular formula is C10H13N3O5. The molecule has 1 amide bonds. The fourth-order valence-electron chi connectivity index (χ4n) is 2.13. The molecule has 2 unspecified atom stereocenters. The van der Waals surface area contributed by atoms with Crippen LogP contribution in [-0.4, -0.2) is 50.6 Å². The van der Waals surface area contributed by atoms with Crippen LogP contribution in [0.1, 0.15) is 23.4 Å². The van der Waals surface area contributed by atoms with E-state index in [1.54, 1.807) is 7.05 Å². The van der Waals surface area contributed by atoms with Gasteiger partial charge in [-0.2, -0.15) is 5.10 Å². The Labute approximate surface area is 102 Å². The van der Waals surface area contributed by atoms with E-state index in [-0.39, 0.29) is 6.54 Å². The number of carbonyl (C=O) groups is 2. The Morgan fingerprint density at radius 2 is 2.22 bits per heavy atom. The molecular weight excluding hydrogens is 242 g/mol. The monoisotopic (exact) mass is 255 g/mol. The molecule has 2 rings (SSSR count). The number of aryl methyl sites for hydroxylation is 1. The number of aliphatic hydroxyl groups excluding tert-OH is 1. The normalized spacial score (nSPS) is 22.5. The smallest absolute Gasteiger partial charge is 0.408 e. The summed E-state index contributed by atoms with van der Waals surface area (Å²) in [4.78, 5) is 23.8. The standard InChI is InChI=1S/C10H13N3O5/c1-12-7-5(3-11-12)6(14)4-13(10(16)17)8(7)9(15)18-2/h3,6,8,14H,4H2,1-2H3,(H,16,17). The van der Waals surface area contributed by atoms with Gasteiger partial charge in [-0.25, -0.2) is 9.59 Å². The first-order chi connectivity index (χ1) is 8.47. The number of nitrogens with zero attached hydrogens (tertiary/aromatic N) is 3. The Morgan fingerprint density at radius 1 is 1.56 bits per heavy atom. The lowest BCUT2D eigenvalue weighted by Crippen LogP contribution is -2.45. The molecule has 8 nitrogen and oxygen atoms in total. The van der Waals surface area contributed by atoms with Crippen molar-refractivity contribution in [1.82, 2.24) is 14.7 Å². The molecule has 1 aromatic rings. The van der Waals surface area contributed by atoms with Gasteiger partial charge in [0.15, 0.2) is 6.04 Å². The van der Waals surface area contributed by atoms with Crippen LogP contribution in [0.2, 0.25) is 0 Å². The molecule has 8 heteroatoms. The Morgan fingerprint density at radius 3 is 2.78 bits per heavy atom. The van der Waals surface area contributed by atoms with Gasteiger partial charge in [-0.3, -0.25) is 9.58 Å². The molecule has 0 saturated heterocycles. The van der Waals surface area contributed by atoms with Gasteiger partial charge in [0.1, 0.15) is 6.10 Å². The molecule has 2 N–H and O–H groups in total. The van der Waals surface area contributed by atoms with Gasteiger partial charge >= 0.3 is 12.1 Å². The molecule has 0 spiro atoms. The van der Waals surface area contributed by atoms with E-state index >= 15 is 0 Å². The topological polar surface area (TPSA) is 105 Å². The summed E-state index contributed by atoms with van der Waals surface area (Å²) in [6, 6.07) is -1.10. The number of hydrogen-bond acceptors (Lipinski definition) is 5. The highest BCUT2D eigenvalue weighted by Gasteiger charge is 2.42. The summed E-state index contributed by atoms with van der Waals surface area (Å²) in [5, 5.41) is 22.9. The van der Waals surface area contributed by atoms with Crippen LogP contribution < -0.4 is 0 Å². The zero-order valence-electron chi connectivity index (χ0n) is 9.90. The van der Waals surface area contributed by atoms with Gasteiger partial charge in [0.25, 0.3) is 0 Å². The quantitative estimate of drug-likeness (QED) is 0.665. The van der Waals surface area contributed by atoms with E-state index in [2.05, 4.69) is 9.84 Å².